The highest BCUT2D eigenvalue weighted by Crippen LogP contribution is 2.27. The molecule has 0 saturated carbocycles. The Morgan fingerprint density at radius 3 is 2.56 bits per heavy atom. The molecule has 4 nitrogen and oxygen atoms in total. The normalized spacial score (nSPS) is 10.9. The van der Waals surface area contributed by atoms with Gasteiger partial charge in [-0.3, -0.25) is 4.79 Å². The topological polar surface area (TPSA) is 42.4 Å². The van der Waals surface area contributed by atoms with E-state index in [4.69, 9.17) is 4.74 Å². The Bertz CT molecular complexity index is 375. The molecule has 0 aromatic carbocycles. The molecular formula is C13H22N2O2S. The van der Waals surface area contributed by atoms with Gasteiger partial charge in [0.2, 0.25) is 0 Å². The molecule has 0 amide bonds. The molecule has 1 aromatic heterocycles. The number of thiazole rings is 1. The zero-order valence-corrected chi connectivity index (χ0v) is 12.4. The molecule has 0 aliphatic rings. The Morgan fingerprint density at radius 2 is 2.11 bits per heavy atom. The number of hydrogen-bond donors (Lipinski definition) is 0. The maximum Gasteiger partial charge on any atom is 0.186 e. The molecule has 0 bridgehead atoms. The van der Waals surface area contributed by atoms with Crippen molar-refractivity contribution in [1.29, 1.82) is 0 Å². The molecule has 0 spiro atoms. The number of hydrogen-bond acceptors (Lipinski definition) is 5. The Balaban J connectivity index is 2.95. The average molecular weight is 270 g/mol. The predicted octanol–water partition coefficient (Wildman–Crippen LogP) is 2.91. The number of ether oxygens (including phenoxy) is 1. The van der Waals surface area contributed by atoms with Crippen molar-refractivity contribution in [3.8, 4) is 0 Å². The Hall–Kier alpha value is -0.940. The summed E-state index contributed by atoms with van der Waals surface area (Å²) in [7, 11) is 1.70. The van der Waals surface area contributed by atoms with Crippen LogP contribution in [0.5, 0.6) is 0 Å². The van der Waals surface area contributed by atoms with Crippen LogP contribution in [0, 0.1) is 6.92 Å². The summed E-state index contributed by atoms with van der Waals surface area (Å²) in [5.41, 5.74) is 0.818. The van der Waals surface area contributed by atoms with E-state index in [1.807, 2.05) is 6.92 Å². The second-order valence-electron chi connectivity index (χ2n) is 4.22. The first-order valence-corrected chi connectivity index (χ1v) is 7.17. The van der Waals surface area contributed by atoms with Gasteiger partial charge >= 0.3 is 0 Å². The van der Waals surface area contributed by atoms with Crippen molar-refractivity contribution < 1.29 is 9.53 Å². The molecule has 0 atom stereocenters. The van der Waals surface area contributed by atoms with Gasteiger partial charge < -0.3 is 9.64 Å². The van der Waals surface area contributed by atoms with Gasteiger partial charge in [-0.2, -0.15) is 0 Å². The van der Waals surface area contributed by atoms with Crippen LogP contribution in [0.25, 0.3) is 0 Å². The summed E-state index contributed by atoms with van der Waals surface area (Å²) in [6.45, 7) is 7.72. The van der Waals surface area contributed by atoms with Crippen LogP contribution in [-0.2, 0) is 4.74 Å². The lowest BCUT2D eigenvalue weighted by Crippen LogP contribution is -2.37. The lowest BCUT2D eigenvalue weighted by atomic mass is 10.1. The summed E-state index contributed by atoms with van der Waals surface area (Å²) < 4.78 is 5.16. The average Bonchev–Trinajstić information content (AvgIpc) is 2.75. The fraction of sp³-hybridized carbons (Fsp3) is 0.692. The largest absolute Gasteiger partial charge is 0.383 e. The van der Waals surface area contributed by atoms with Crippen molar-refractivity contribution >= 4 is 22.8 Å². The molecule has 5 heteroatoms. The minimum atomic E-state index is 0.449. The van der Waals surface area contributed by atoms with Crippen LogP contribution in [0.2, 0.25) is 0 Å². The van der Waals surface area contributed by atoms with Gasteiger partial charge in [0.1, 0.15) is 0 Å². The molecule has 0 aliphatic heterocycles. The highest BCUT2D eigenvalue weighted by molar-refractivity contribution is 7.17. The van der Waals surface area contributed by atoms with Crippen LogP contribution in [0.15, 0.2) is 0 Å². The summed E-state index contributed by atoms with van der Waals surface area (Å²) in [6.07, 6.45) is 3.02. The summed E-state index contributed by atoms with van der Waals surface area (Å²) in [6, 6.07) is 0.449. The third kappa shape index (κ3) is 3.53. The van der Waals surface area contributed by atoms with Crippen LogP contribution >= 0.6 is 11.3 Å². The third-order valence-electron chi connectivity index (χ3n) is 3.09. The summed E-state index contributed by atoms with van der Waals surface area (Å²) in [5, 5.41) is 0.931. The minimum Gasteiger partial charge on any atom is -0.383 e. The monoisotopic (exact) mass is 270 g/mol. The summed E-state index contributed by atoms with van der Waals surface area (Å²) >= 11 is 1.47. The van der Waals surface area contributed by atoms with E-state index in [2.05, 4.69) is 23.7 Å². The zero-order valence-electron chi connectivity index (χ0n) is 11.6. The maximum atomic E-state index is 10.9. The van der Waals surface area contributed by atoms with E-state index in [9.17, 15) is 4.79 Å². The van der Waals surface area contributed by atoms with Gasteiger partial charge in [0.05, 0.1) is 17.2 Å². The Morgan fingerprint density at radius 1 is 1.44 bits per heavy atom. The van der Waals surface area contributed by atoms with Gasteiger partial charge in [-0.1, -0.05) is 25.2 Å². The van der Waals surface area contributed by atoms with Crippen molar-refractivity contribution in [2.45, 2.75) is 39.7 Å². The quantitative estimate of drug-likeness (QED) is 0.681. The number of carbonyl (C=O) groups excluding carboxylic acids is 1. The van der Waals surface area contributed by atoms with Crippen LogP contribution < -0.4 is 4.90 Å². The predicted molar refractivity (Wildman–Crippen MR) is 75.8 cm³/mol. The maximum absolute atomic E-state index is 10.9. The van der Waals surface area contributed by atoms with Crippen LogP contribution in [0.1, 0.15) is 42.1 Å². The lowest BCUT2D eigenvalue weighted by molar-refractivity contribution is 0.112. The second-order valence-corrected chi connectivity index (χ2v) is 5.23. The zero-order chi connectivity index (χ0) is 13.5. The summed E-state index contributed by atoms with van der Waals surface area (Å²) in [5.74, 6) is 0. The Labute approximate surface area is 113 Å². The van der Waals surface area contributed by atoms with Crippen molar-refractivity contribution in [2.24, 2.45) is 0 Å². The first-order chi connectivity index (χ1) is 8.67. The van der Waals surface area contributed by atoms with Gasteiger partial charge in [0.15, 0.2) is 11.4 Å². The molecule has 18 heavy (non-hydrogen) atoms. The van der Waals surface area contributed by atoms with Crippen molar-refractivity contribution in [1.82, 2.24) is 4.98 Å². The fourth-order valence-electron chi connectivity index (χ4n) is 1.98. The first kappa shape index (κ1) is 15.1. The van der Waals surface area contributed by atoms with Crippen LogP contribution in [0.4, 0.5) is 5.13 Å². The van der Waals surface area contributed by atoms with Crippen molar-refractivity contribution in [3.05, 3.63) is 10.6 Å². The standard InChI is InChI=1S/C13H22N2O2S/c1-5-11(6-2)15(7-8-17-4)13-14-10(3)12(9-16)18-13/h9,11H,5-8H2,1-4H3. The third-order valence-corrected chi connectivity index (χ3v) is 4.21. The molecular weight excluding hydrogens is 248 g/mol. The van der Waals surface area contributed by atoms with E-state index in [-0.39, 0.29) is 0 Å². The number of nitrogens with zero attached hydrogens (tertiary/aromatic N) is 2. The fourth-order valence-corrected chi connectivity index (χ4v) is 2.96. The molecule has 1 heterocycles. The molecule has 0 saturated heterocycles. The molecule has 1 rings (SSSR count). The SMILES string of the molecule is CCC(CC)N(CCOC)c1nc(C)c(C=O)s1. The smallest absolute Gasteiger partial charge is 0.186 e. The van der Waals surface area contributed by atoms with E-state index in [0.29, 0.717) is 12.6 Å². The van der Waals surface area contributed by atoms with E-state index in [0.717, 1.165) is 41.4 Å². The molecule has 0 aliphatic carbocycles. The van der Waals surface area contributed by atoms with E-state index in [1.54, 1.807) is 7.11 Å². The van der Waals surface area contributed by atoms with Gasteiger partial charge in [-0.15, -0.1) is 0 Å². The summed E-state index contributed by atoms with van der Waals surface area (Å²) in [4.78, 5) is 18.4. The number of methoxy groups -OCH3 is 1. The number of rotatable bonds is 8. The van der Waals surface area contributed by atoms with E-state index >= 15 is 0 Å². The molecule has 0 radical (unpaired) electrons. The lowest BCUT2D eigenvalue weighted by Gasteiger charge is -2.29. The number of aldehydes is 1. The number of carbonyl (C=O) groups is 1. The highest BCUT2D eigenvalue weighted by Gasteiger charge is 2.20. The first-order valence-electron chi connectivity index (χ1n) is 6.36. The highest BCUT2D eigenvalue weighted by atomic mass is 32.1. The number of aromatic nitrogens is 1. The van der Waals surface area contributed by atoms with Crippen molar-refractivity contribution in [3.63, 3.8) is 0 Å². The van der Waals surface area contributed by atoms with E-state index < -0.39 is 0 Å². The second kappa shape index (κ2) is 7.48. The van der Waals surface area contributed by atoms with Crippen molar-refractivity contribution in [2.75, 3.05) is 25.2 Å². The number of anilines is 1. The van der Waals surface area contributed by atoms with Crippen LogP contribution in [-0.4, -0.2) is 37.6 Å². The molecule has 102 valence electrons. The Kier molecular flexibility index (Phi) is 6.29. The molecule has 0 N–H and O–H groups in total. The van der Waals surface area contributed by atoms with E-state index in [1.165, 1.54) is 11.3 Å². The van der Waals surface area contributed by atoms with Gasteiger partial charge in [0.25, 0.3) is 0 Å². The molecule has 0 fully saturated rings. The van der Waals surface area contributed by atoms with Gasteiger partial charge in [0, 0.05) is 19.7 Å². The molecule has 0 unspecified atom stereocenters. The molecule has 1 aromatic rings. The minimum absolute atomic E-state index is 0.449. The van der Waals surface area contributed by atoms with Crippen LogP contribution in [0.3, 0.4) is 0 Å². The number of aryl methyl sites for hydroxylation is 1. The van der Waals surface area contributed by atoms with Gasteiger partial charge in [-0.25, -0.2) is 4.98 Å². The van der Waals surface area contributed by atoms with Gasteiger partial charge in [-0.05, 0) is 19.8 Å².